The molecule has 1 N–H and O–H groups in total. The van der Waals surface area contributed by atoms with Crippen LogP contribution in [0.4, 0.5) is 0 Å². The second kappa shape index (κ2) is 4.45. The number of aliphatic hydroxyl groups excluding tert-OH is 1. The van der Waals surface area contributed by atoms with Gasteiger partial charge in [-0.05, 0) is 19.1 Å². The van der Waals surface area contributed by atoms with Crippen molar-refractivity contribution in [3.05, 3.63) is 42.2 Å². The summed E-state index contributed by atoms with van der Waals surface area (Å²) in [5.41, 5.74) is 1.65. The van der Waals surface area contributed by atoms with Crippen molar-refractivity contribution in [2.75, 3.05) is 0 Å². The lowest BCUT2D eigenvalue weighted by molar-refractivity contribution is 0.194. The number of aryl methyl sites for hydroxylation is 1. The highest BCUT2D eigenvalue weighted by Crippen LogP contribution is 2.13. The number of hydrogen-bond donors (Lipinski definition) is 1. The van der Waals surface area contributed by atoms with E-state index in [1.807, 2.05) is 22.9 Å². The van der Waals surface area contributed by atoms with Crippen LogP contribution in [0.2, 0.25) is 0 Å². The molecule has 0 aromatic carbocycles. The van der Waals surface area contributed by atoms with Gasteiger partial charge in [-0.25, -0.2) is 4.98 Å². The van der Waals surface area contributed by atoms with Crippen LogP contribution in [0.1, 0.15) is 31.5 Å². The molecule has 0 unspecified atom stereocenters. The van der Waals surface area contributed by atoms with Crippen LogP contribution in [0.15, 0.2) is 30.7 Å². The van der Waals surface area contributed by atoms with E-state index < -0.39 is 6.10 Å². The minimum absolute atomic E-state index is 0.525. The highest BCUT2D eigenvalue weighted by Gasteiger charge is 2.05. The standard InChI is InChI=1S/C12H15N3O/c1-3-12-13-6-7-15(12)10-4-5-11(9(2)16)14-8-10/h4-9,16H,3H2,1-2H3/t9-/m1/s1. The lowest BCUT2D eigenvalue weighted by atomic mass is 10.2. The molecule has 2 rings (SSSR count). The van der Waals surface area contributed by atoms with Crippen LogP contribution < -0.4 is 0 Å². The first-order chi connectivity index (χ1) is 7.72. The fourth-order valence-corrected chi connectivity index (χ4v) is 1.62. The zero-order valence-corrected chi connectivity index (χ0v) is 9.46. The van der Waals surface area contributed by atoms with Crippen LogP contribution >= 0.6 is 0 Å². The van der Waals surface area contributed by atoms with Crippen LogP contribution in [0, 0.1) is 0 Å². The SMILES string of the molecule is CCc1nccn1-c1ccc([C@@H](C)O)nc1. The summed E-state index contributed by atoms with van der Waals surface area (Å²) in [6, 6.07) is 3.77. The third-order valence-electron chi connectivity index (χ3n) is 2.51. The average Bonchev–Trinajstić information content (AvgIpc) is 2.77. The molecule has 0 fully saturated rings. The largest absolute Gasteiger partial charge is 0.387 e. The fraction of sp³-hybridized carbons (Fsp3) is 0.333. The maximum absolute atomic E-state index is 9.36. The summed E-state index contributed by atoms with van der Waals surface area (Å²) in [6.45, 7) is 3.77. The smallest absolute Gasteiger partial charge is 0.112 e. The minimum atomic E-state index is -0.525. The number of imidazole rings is 1. The van der Waals surface area contributed by atoms with Crippen molar-refractivity contribution in [2.45, 2.75) is 26.4 Å². The van der Waals surface area contributed by atoms with Gasteiger partial charge in [0, 0.05) is 18.8 Å². The summed E-state index contributed by atoms with van der Waals surface area (Å²) < 4.78 is 2.00. The molecule has 2 aromatic heterocycles. The van der Waals surface area contributed by atoms with Crippen molar-refractivity contribution in [2.24, 2.45) is 0 Å². The maximum atomic E-state index is 9.36. The Morgan fingerprint density at radius 1 is 1.38 bits per heavy atom. The van der Waals surface area contributed by atoms with E-state index in [9.17, 15) is 5.11 Å². The van der Waals surface area contributed by atoms with Gasteiger partial charge in [-0.1, -0.05) is 6.92 Å². The molecule has 0 aliphatic carbocycles. The van der Waals surface area contributed by atoms with Crippen molar-refractivity contribution in [3.8, 4) is 5.69 Å². The molecular formula is C12H15N3O. The summed E-state index contributed by atoms with van der Waals surface area (Å²) in [4.78, 5) is 8.47. The number of hydrogen-bond acceptors (Lipinski definition) is 3. The molecule has 0 saturated heterocycles. The Kier molecular flexibility index (Phi) is 3.01. The van der Waals surface area contributed by atoms with Gasteiger partial charge in [-0.2, -0.15) is 0 Å². The van der Waals surface area contributed by atoms with Crippen LogP contribution in [0.3, 0.4) is 0 Å². The Bertz CT molecular complexity index is 459. The van der Waals surface area contributed by atoms with Gasteiger partial charge in [-0.3, -0.25) is 4.98 Å². The van der Waals surface area contributed by atoms with Crippen molar-refractivity contribution in [1.29, 1.82) is 0 Å². The highest BCUT2D eigenvalue weighted by molar-refractivity contribution is 5.31. The van der Waals surface area contributed by atoms with E-state index >= 15 is 0 Å². The Morgan fingerprint density at radius 2 is 2.19 bits per heavy atom. The van der Waals surface area contributed by atoms with Gasteiger partial charge >= 0.3 is 0 Å². The van der Waals surface area contributed by atoms with E-state index in [0.717, 1.165) is 17.9 Å². The van der Waals surface area contributed by atoms with Crippen LogP contribution in [0.5, 0.6) is 0 Å². The van der Waals surface area contributed by atoms with E-state index in [1.165, 1.54) is 0 Å². The maximum Gasteiger partial charge on any atom is 0.112 e. The highest BCUT2D eigenvalue weighted by atomic mass is 16.3. The minimum Gasteiger partial charge on any atom is -0.387 e. The van der Waals surface area contributed by atoms with E-state index in [0.29, 0.717) is 5.69 Å². The van der Waals surface area contributed by atoms with E-state index in [2.05, 4.69) is 16.9 Å². The van der Waals surface area contributed by atoms with Crippen LogP contribution in [-0.4, -0.2) is 19.6 Å². The molecule has 4 nitrogen and oxygen atoms in total. The zero-order chi connectivity index (χ0) is 11.5. The van der Waals surface area contributed by atoms with Gasteiger partial charge < -0.3 is 9.67 Å². The quantitative estimate of drug-likeness (QED) is 0.854. The summed E-state index contributed by atoms with van der Waals surface area (Å²) in [5.74, 6) is 1.01. The fourth-order valence-electron chi connectivity index (χ4n) is 1.62. The molecule has 16 heavy (non-hydrogen) atoms. The van der Waals surface area contributed by atoms with E-state index in [-0.39, 0.29) is 0 Å². The molecule has 2 heterocycles. The van der Waals surface area contributed by atoms with Gasteiger partial charge in [-0.15, -0.1) is 0 Å². The predicted octanol–water partition coefficient (Wildman–Crippen LogP) is 1.88. The normalized spacial score (nSPS) is 12.7. The number of pyridine rings is 1. The molecule has 0 aliphatic rings. The van der Waals surface area contributed by atoms with Crippen molar-refractivity contribution in [1.82, 2.24) is 14.5 Å². The second-order valence-electron chi connectivity index (χ2n) is 3.68. The van der Waals surface area contributed by atoms with Crippen LogP contribution in [-0.2, 0) is 6.42 Å². The average molecular weight is 217 g/mol. The number of aromatic nitrogens is 3. The molecule has 0 radical (unpaired) electrons. The van der Waals surface area contributed by atoms with Gasteiger partial charge in [0.15, 0.2) is 0 Å². The molecule has 4 heteroatoms. The first-order valence-corrected chi connectivity index (χ1v) is 5.39. The Labute approximate surface area is 94.6 Å². The third kappa shape index (κ3) is 1.97. The molecule has 1 atom stereocenters. The topological polar surface area (TPSA) is 50.9 Å². The molecule has 0 amide bonds. The Morgan fingerprint density at radius 3 is 2.75 bits per heavy atom. The molecule has 0 saturated carbocycles. The lowest BCUT2D eigenvalue weighted by Crippen LogP contribution is -2.01. The summed E-state index contributed by atoms with van der Waals surface area (Å²) in [6.07, 6.45) is 5.80. The van der Waals surface area contributed by atoms with Gasteiger partial charge in [0.2, 0.25) is 0 Å². The summed E-state index contributed by atoms with van der Waals surface area (Å²) >= 11 is 0. The molecule has 0 spiro atoms. The molecule has 84 valence electrons. The number of rotatable bonds is 3. The van der Waals surface area contributed by atoms with Crippen LogP contribution in [0.25, 0.3) is 5.69 Å². The molecule has 0 bridgehead atoms. The molecule has 0 aliphatic heterocycles. The zero-order valence-electron chi connectivity index (χ0n) is 9.46. The van der Waals surface area contributed by atoms with Crippen molar-refractivity contribution < 1.29 is 5.11 Å². The first kappa shape index (κ1) is 10.8. The Balaban J connectivity index is 2.35. The predicted molar refractivity (Wildman–Crippen MR) is 61.4 cm³/mol. The van der Waals surface area contributed by atoms with E-state index in [1.54, 1.807) is 19.3 Å². The third-order valence-corrected chi connectivity index (χ3v) is 2.51. The molecular weight excluding hydrogens is 202 g/mol. The first-order valence-electron chi connectivity index (χ1n) is 5.39. The van der Waals surface area contributed by atoms with E-state index in [4.69, 9.17) is 0 Å². The van der Waals surface area contributed by atoms with Crippen molar-refractivity contribution in [3.63, 3.8) is 0 Å². The Hall–Kier alpha value is -1.68. The van der Waals surface area contributed by atoms with Gasteiger partial charge in [0.05, 0.1) is 23.7 Å². The number of nitrogens with zero attached hydrogens (tertiary/aromatic N) is 3. The molecule has 2 aromatic rings. The monoisotopic (exact) mass is 217 g/mol. The summed E-state index contributed by atoms with van der Waals surface area (Å²) in [7, 11) is 0. The lowest BCUT2D eigenvalue weighted by Gasteiger charge is -2.08. The van der Waals surface area contributed by atoms with Crippen molar-refractivity contribution >= 4 is 0 Å². The van der Waals surface area contributed by atoms with Gasteiger partial charge in [0.1, 0.15) is 5.82 Å². The van der Waals surface area contributed by atoms with Gasteiger partial charge in [0.25, 0.3) is 0 Å². The summed E-state index contributed by atoms with van der Waals surface area (Å²) in [5, 5.41) is 9.36. The second-order valence-corrected chi connectivity index (χ2v) is 3.68. The number of aliphatic hydroxyl groups is 1.